The molecule has 0 aliphatic heterocycles. The normalized spacial score (nSPS) is 12.4. The fourth-order valence-corrected chi connectivity index (χ4v) is 1.71. The summed E-state index contributed by atoms with van der Waals surface area (Å²) in [6.45, 7) is 0. The van der Waals surface area contributed by atoms with Gasteiger partial charge in [0.05, 0.1) is 0 Å². The Morgan fingerprint density at radius 2 is 1.80 bits per heavy atom. The molecule has 0 radical (unpaired) electrons. The summed E-state index contributed by atoms with van der Waals surface area (Å²) < 4.78 is 25.8. The van der Waals surface area contributed by atoms with Crippen LogP contribution >= 0.6 is 44.3 Å². The standard InChI is InChI=1S/C9H9Br2F2N.ClH/c10-6-2-1-5(3-7(6)11)8(14)4-9(12)13;/h1-3,8-9H,4,14H2;1H/t8-;/m1./s1. The van der Waals surface area contributed by atoms with Gasteiger partial charge in [-0.15, -0.1) is 12.4 Å². The molecule has 86 valence electrons. The molecule has 1 atom stereocenters. The first-order chi connectivity index (χ1) is 6.50. The van der Waals surface area contributed by atoms with Gasteiger partial charge in [0.15, 0.2) is 0 Å². The van der Waals surface area contributed by atoms with Crippen molar-refractivity contribution in [2.75, 3.05) is 0 Å². The first kappa shape index (κ1) is 15.3. The molecule has 0 aliphatic rings. The Morgan fingerprint density at radius 3 is 2.27 bits per heavy atom. The summed E-state index contributed by atoms with van der Waals surface area (Å²) >= 11 is 6.58. The van der Waals surface area contributed by atoms with E-state index in [1.54, 1.807) is 18.2 Å². The van der Waals surface area contributed by atoms with Gasteiger partial charge in [0, 0.05) is 21.4 Å². The molecule has 0 fully saturated rings. The molecule has 0 heterocycles. The van der Waals surface area contributed by atoms with Crippen LogP contribution in [0, 0.1) is 0 Å². The Bertz CT molecular complexity index is 323. The van der Waals surface area contributed by atoms with Crippen LogP contribution in [0.4, 0.5) is 8.78 Å². The predicted molar refractivity (Wildman–Crippen MR) is 66.6 cm³/mol. The summed E-state index contributed by atoms with van der Waals surface area (Å²) in [5, 5.41) is 0. The minimum atomic E-state index is -2.37. The van der Waals surface area contributed by atoms with Gasteiger partial charge in [-0.1, -0.05) is 6.07 Å². The largest absolute Gasteiger partial charge is 0.324 e. The fourth-order valence-electron chi connectivity index (χ4n) is 1.07. The number of benzene rings is 1. The first-order valence-electron chi connectivity index (χ1n) is 3.99. The molecule has 1 aromatic rings. The second kappa shape index (κ2) is 6.78. The van der Waals surface area contributed by atoms with Gasteiger partial charge in [-0.3, -0.25) is 0 Å². The topological polar surface area (TPSA) is 26.0 Å². The fraction of sp³-hybridized carbons (Fsp3) is 0.333. The molecule has 15 heavy (non-hydrogen) atoms. The van der Waals surface area contributed by atoms with Crippen LogP contribution in [0.5, 0.6) is 0 Å². The lowest BCUT2D eigenvalue weighted by Gasteiger charge is -2.12. The SMILES string of the molecule is Cl.N[C@H](CC(F)F)c1ccc(Br)c(Br)c1. The third-order valence-corrected chi connectivity index (χ3v) is 3.68. The van der Waals surface area contributed by atoms with Crippen molar-refractivity contribution in [1.29, 1.82) is 0 Å². The minimum Gasteiger partial charge on any atom is -0.324 e. The van der Waals surface area contributed by atoms with E-state index in [1.165, 1.54) is 0 Å². The number of hydrogen-bond donors (Lipinski definition) is 1. The van der Waals surface area contributed by atoms with Crippen LogP contribution in [-0.2, 0) is 0 Å². The van der Waals surface area contributed by atoms with E-state index >= 15 is 0 Å². The van der Waals surface area contributed by atoms with Crippen molar-refractivity contribution in [1.82, 2.24) is 0 Å². The third kappa shape index (κ3) is 4.76. The van der Waals surface area contributed by atoms with Crippen LogP contribution in [0.1, 0.15) is 18.0 Å². The summed E-state index contributed by atoms with van der Waals surface area (Å²) in [5.74, 6) is 0. The molecule has 0 spiro atoms. The van der Waals surface area contributed by atoms with Gasteiger partial charge >= 0.3 is 0 Å². The summed E-state index contributed by atoms with van der Waals surface area (Å²) in [7, 11) is 0. The molecule has 1 rings (SSSR count). The molecule has 0 bridgehead atoms. The zero-order valence-corrected chi connectivity index (χ0v) is 11.6. The van der Waals surface area contributed by atoms with Crippen LogP contribution in [-0.4, -0.2) is 6.43 Å². The van der Waals surface area contributed by atoms with Crippen LogP contribution in [0.3, 0.4) is 0 Å². The first-order valence-corrected chi connectivity index (χ1v) is 5.58. The average Bonchev–Trinajstić information content (AvgIpc) is 2.08. The minimum absolute atomic E-state index is 0. The maximum Gasteiger partial charge on any atom is 0.240 e. The predicted octanol–water partition coefficient (Wildman–Crippen LogP) is 4.29. The van der Waals surface area contributed by atoms with Crippen molar-refractivity contribution in [2.45, 2.75) is 18.9 Å². The molecule has 1 nitrogen and oxygen atoms in total. The molecular formula is C9H10Br2ClF2N. The van der Waals surface area contributed by atoms with Gasteiger partial charge in [0.2, 0.25) is 6.43 Å². The van der Waals surface area contributed by atoms with Crippen LogP contribution in [0.25, 0.3) is 0 Å². The molecule has 1 aromatic carbocycles. The Kier molecular flexibility index (Phi) is 6.91. The molecule has 0 aliphatic carbocycles. The molecular weight excluding hydrogens is 355 g/mol. The van der Waals surface area contributed by atoms with Gasteiger partial charge in [0.1, 0.15) is 0 Å². The smallest absolute Gasteiger partial charge is 0.240 e. The maximum atomic E-state index is 12.0. The molecule has 0 aromatic heterocycles. The van der Waals surface area contributed by atoms with E-state index < -0.39 is 12.5 Å². The Balaban J connectivity index is 0.00000196. The van der Waals surface area contributed by atoms with E-state index in [0.29, 0.717) is 5.56 Å². The van der Waals surface area contributed by atoms with Crippen molar-refractivity contribution in [2.24, 2.45) is 5.73 Å². The van der Waals surface area contributed by atoms with Crippen molar-refractivity contribution in [3.05, 3.63) is 32.7 Å². The van der Waals surface area contributed by atoms with Crippen molar-refractivity contribution < 1.29 is 8.78 Å². The van der Waals surface area contributed by atoms with E-state index in [4.69, 9.17) is 5.73 Å². The van der Waals surface area contributed by atoms with E-state index in [-0.39, 0.29) is 18.8 Å². The maximum absolute atomic E-state index is 12.0. The van der Waals surface area contributed by atoms with Crippen molar-refractivity contribution >= 4 is 44.3 Å². The molecule has 0 amide bonds. The second-order valence-corrected chi connectivity index (χ2v) is 4.62. The van der Waals surface area contributed by atoms with E-state index in [2.05, 4.69) is 31.9 Å². The zero-order valence-electron chi connectivity index (χ0n) is 7.59. The lowest BCUT2D eigenvalue weighted by atomic mass is 10.1. The van der Waals surface area contributed by atoms with Gasteiger partial charge in [-0.25, -0.2) is 8.78 Å². The molecule has 0 unspecified atom stereocenters. The number of alkyl halides is 2. The number of halogens is 5. The molecule has 0 saturated heterocycles. The van der Waals surface area contributed by atoms with Crippen molar-refractivity contribution in [3.8, 4) is 0 Å². The van der Waals surface area contributed by atoms with Gasteiger partial charge in [-0.2, -0.15) is 0 Å². The van der Waals surface area contributed by atoms with Gasteiger partial charge in [-0.05, 0) is 49.6 Å². The Hall–Kier alpha value is 0.290. The van der Waals surface area contributed by atoms with E-state index in [0.717, 1.165) is 8.95 Å². The highest BCUT2D eigenvalue weighted by molar-refractivity contribution is 9.13. The lowest BCUT2D eigenvalue weighted by molar-refractivity contribution is 0.128. The van der Waals surface area contributed by atoms with Crippen molar-refractivity contribution in [3.63, 3.8) is 0 Å². The lowest BCUT2D eigenvalue weighted by Crippen LogP contribution is -2.13. The number of hydrogen-bond acceptors (Lipinski definition) is 1. The molecule has 0 saturated carbocycles. The monoisotopic (exact) mass is 363 g/mol. The second-order valence-electron chi connectivity index (χ2n) is 2.91. The quantitative estimate of drug-likeness (QED) is 0.850. The highest BCUT2D eigenvalue weighted by atomic mass is 79.9. The zero-order chi connectivity index (χ0) is 10.7. The third-order valence-electron chi connectivity index (χ3n) is 1.80. The van der Waals surface area contributed by atoms with E-state index in [9.17, 15) is 8.78 Å². The van der Waals surface area contributed by atoms with Crippen LogP contribution in [0.2, 0.25) is 0 Å². The van der Waals surface area contributed by atoms with Crippen LogP contribution < -0.4 is 5.73 Å². The summed E-state index contributed by atoms with van der Waals surface area (Å²) in [4.78, 5) is 0. The highest BCUT2D eigenvalue weighted by Gasteiger charge is 2.13. The molecule has 6 heteroatoms. The Morgan fingerprint density at radius 1 is 1.20 bits per heavy atom. The van der Waals surface area contributed by atoms with Crippen LogP contribution in [0.15, 0.2) is 27.1 Å². The average molecular weight is 365 g/mol. The van der Waals surface area contributed by atoms with Gasteiger partial charge < -0.3 is 5.73 Å². The summed E-state index contributed by atoms with van der Waals surface area (Å²) in [5.41, 5.74) is 6.31. The number of rotatable bonds is 3. The highest BCUT2D eigenvalue weighted by Crippen LogP contribution is 2.27. The summed E-state index contributed by atoms with van der Waals surface area (Å²) in [6, 6.07) is 4.66. The number of nitrogens with two attached hydrogens (primary N) is 1. The molecule has 2 N–H and O–H groups in total. The summed E-state index contributed by atoms with van der Waals surface area (Å²) in [6.07, 6.45) is -2.68. The van der Waals surface area contributed by atoms with Gasteiger partial charge in [0.25, 0.3) is 0 Å². The van der Waals surface area contributed by atoms with E-state index in [1.807, 2.05) is 0 Å². The Labute approximate surface area is 110 Å².